The Bertz CT molecular complexity index is 497. The fourth-order valence-corrected chi connectivity index (χ4v) is 5.61. The van der Waals surface area contributed by atoms with Crippen molar-refractivity contribution in [1.29, 1.82) is 0 Å². The first-order chi connectivity index (χ1) is 8.09. The molecule has 3 rings (SSSR count). The summed E-state index contributed by atoms with van der Waals surface area (Å²) in [5.41, 5.74) is 0. The highest BCUT2D eigenvalue weighted by molar-refractivity contribution is 7.91. The van der Waals surface area contributed by atoms with Crippen molar-refractivity contribution in [3.05, 3.63) is 17.5 Å². The van der Waals surface area contributed by atoms with Gasteiger partial charge in [0.1, 0.15) is 4.21 Å². The van der Waals surface area contributed by atoms with Crippen LogP contribution in [-0.4, -0.2) is 37.0 Å². The highest BCUT2D eigenvalue weighted by Gasteiger charge is 2.45. The molecule has 3 unspecified atom stereocenters. The lowest BCUT2D eigenvalue weighted by molar-refractivity contribution is 0.129. The topological polar surface area (TPSA) is 57.6 Å². The van der Waals surface area contributed by atoms with E-state index in [9.17, 15) is 13.5 Å². The summed E-state index contributed by atoms with van der Waals surface area (Å²) in [6, 6.07) is 3.40. The van der Waals surface area contributed by atoms with Crippen molar-refractivity contribution in [2.45, 2.75) is 23.2 Å². The number of thiophene rings is 1. The second-order valence-electron chi connectivity index (χ2n) is 4.82. The molecule has 1 aromatic heterocycles. The van der Waals surface area contributed by atoms with E-state index < -0.39 is 10.0 Å². The zero-order valence-electron chi connectivity index (χ0n) is 9.32. The molecule has 0 spiro atoms. The van der Waals surface area contributed by atoms with Crippen LogP contribution in [0.2, 0.25) is 0 Å². The summed E-state index contributed by atoms with van der Waals surface area (Å²) in [5.74, 6) is 0.490. The standard InChI is InChI=1S/C11H15NO3S2/c13-10-4-3-8-6-12(7-9(8)10)17(14,15)11-2-1-5-16-11/h1-2,5,8-10,13H,3-4,6-7H2. The third-order valence-electron chi connectivity index (χ3n) is 3.87. The van der Waals surface area contributed by atoms with Crippen LogP contribution >= 0.6 is 11.3 Å². The highest BCUT2D eigenvalue weighted by atomic mass is 32.2. The minimum Gasteiger partial charge on any atom is -0.393 e. The SMILES string of the molecule is O=S(=O)(c1cccs1)N1CC2CCC(O)C2C1. The van der Waals surface area contributed by atoms with E-state index in [1.165, 1.54) is 15.6 Å². The van der Waals surface area contributed by atoms with Gasteiger partial charge in [-0.3, -0.25) is 0 Å². The van der Waals surface area contributed by atoms with Gasteiger partial charge in [0.2, 0.25) is 0 Å². The third-order valence-corrected chi connectivity index (χ3v) is 7.08. The Kier molecular flexibility index (Phi) is 2.77. The Balaban J connectivity index is 1.84. The smallest absolute Gasteiger partial charge is 0.252 e. The number of sulfonamides is 1. The van der Waals surface area contributed by atoms with Crippen molar-refractivity contribution in [1.82, 2.24) is 4.31 Å². The molecule has 0 radical (unpaired) electrons. The van der Waals surface area contributed by atoms with E-state index in [-0.39, 0.29) is 12.0 Å². The van der Waals surface area contributed by atoms with Crippen LogP contribution in [0.3, 0.4) is 0 Å². The zero-order chi connectivity index (χ0) is 12.0. The average molecular weight is 273 g/mol. The van der Waals surface area contributed by atoms with E-state index in [4.69, 9.17) is 0 Å². The van der Waals surface area contributed by atoms with Crippen molar-refractivity contribution >= 4 is 21.4 Å². The van der Waals surface area contributed by atoms with E-state index in [0.717, 1.165) is 12.8 Å². The summed E-state index contributed by atoms with van der Waals surface area (Å²) >= 11 is 1.25. The molecule has 1 aromatic rings. The predicted molar refractivity (Wildman–Crippen MR) is 65.3 cm³/mol. The second-order valence-corrected chi connectivity index (χ2v) is 7.94. The maximum atomic E-state index is 12.3. The summed E-state index contributed by atoms with van der Waals surface area (Å²) < 4.78 is 26.5. The molecule has 1 saturated carbocycles. The first kappa shape index (κ1) is 11.6. The largest absolute Gasteiger partial charge is 0.393 e. The summed E-state index contributed by atoms with van der Waals surface area (Å²) in [5, 5.41) is 11.6. The Labute approximate surface area is 105 Å². The molecule has 0 amide bonds. The average Bonchev–Trinajstić information content (AvgIpc) is 2.96. The van der Waals surface area contributed by atoms with Gasteiger partial charge in [-0.15, -0.1) is 11.3 Å². The van der Waals surface area contributed by atoms with Crippen LogP contribution in [0, 0.1) is 11.8 Å². The van der Waals surface area contributed by atoms with Crippen LogP contribution < -0.4 is 0 Å². The fraction of sp³-hybridized carbons (Fsp3) is 0.636. The van der Waals surface area contributed by atoms with Crippen molar-refractivity contribution in [2.24, 2.45) is 11.8 Å². The Hall–Kier alpha value is -0.430. The van der Waals surface area contributed by atoms with Gasteiger partial charge in [0.25, 0.3) is 10.0 Å². The summed E-state index contributed by atoms with van der Waals surface area (Å²) in [4.78, 5) is 0. The number of fused-ring (bicyclic) bond motifs is 1. The molecular weight excluding hydrogens is 258 g/mol. The van der Waals surface area contributed by atoms with E-state index >= 15 is 0 Å². The molecule has 1 aliphatic heterocycles. The molecule has 1 aliphatic carbocycles. The van der Waals surface area contributed by atoms with Gasteiger partial charge >= 0.3 is 0 Å². The normalized spacial score (nSPS) is 34.1. The first-order valence-electron chi connectivity index (χ1n) is 5.81. The number of nitrogens with zero attached hydrogens (tertiary/aromatic N) is 1. The lowest BCUT2D eigenvalue weighted by Crippen LogP contribution is -2.30. The van der Waals surface area contributed by atoms with Gasteiger partial charge in [0.15, 0.2) is 0 Å². The molecule has 0 bridgehead atoms. The first-order valence-corrected chi connectivity index (χ1v) is 8.13. The van der Waals surface area contributed by atoms with Crippen LogP contribution in [0.4, 0.5) is 0 Å². The van der Waals surface area contributed by atoms with Gasteiger partial charge in [-0.25, -0.2) is 8.42 Å². The van der Waals surface area contributed by atoms with Crippen molar-refractivity contribution in [2.75, 3.05) is 13.1 Å². The van der Waals surface area contributed by atoms with Crippen LogP contribution in [0.15, 0.2) is 21.7 Å². The Morgan fingerprint density at radius 2 is 2.18 bits per heavy atom. The molecule has 94 valence electrons. The summed E-state index contributed by atoms with van der Waals surface area (Å²) in [6.45, 7) is 1.05. The Morgan fingerprint density at radius 3 is 2.82 bits per heavy atom. The van der Waals surface area contributed by atoms with Crippen molar-refractivity contribution < 1.29 is 13.5 Å². The van der Waals surface area contributed by atoms with Gasteiger partial charge in [-0.05, 0) is 30.2 Å². The van der Waals surface area contributed by atoms with E-state index in [2.05, 4.69) is 0 Å². The van der Waals surface area contributed by atoms with Crippen LogP contribution in [0.25, 0.3) is 0 Å². The monoisotopic (exact) mass is 273 g/mol. The van der Waals surface area contributed by atoms with Gasteiger partial charge in [-0.2, -0.15) is 4.31 Å². The molecule has 1 N–H and O–H groups in total. The molecule has 3 atom stereocenters. The molecule has 0 aromatic carbocycles. The maximum Gasteiger partial charge on any atom is 0.252 e. The second kappa shape index (κ2) is 4.05. The number of aliphatic hydroxyl groups excluding tert-OH is 1. The van der Waals surface area contributed by atoms with Crippen LogP contribution in [0.1, 0.15) is 12.8 Å². The molecule has 4 nitrogen and oxygen atoms in total. The molecule has 2 fully saturated rings. The number of hydrogen-bond donors (Lipinski definition) is 1. The predicted octanol–water partition coefficient (Wildman–Crippen LogP) is 1.14. The fourth-order valence-electron chi connectivity index (χ4n) is 2.93. The molecule has 1 saturated heterocycles. The van der Waals surface area contributed by atoms with Gasteiger partial charge < -0.3 is 5.11 Å². The van der Waals surface area contributed by atoms with E-state index in [1.807, 2.05) is 0 Å². The quantitative estimate of drug-likeness (QED) is 0.879. The van der Waals surface area contributed by atoms with Crippen molar-refractivity contribution in [3.8, 4) is 0 Å². The summed E-state index contributed by atoms with van der Waals surface area (Å²) in [7, 11) is -3.32. The number of hydrogen-bond acceptors (Lipinski definition) is 4. The Morgan fingerprint density at radius 1 is 1.35 bits per heavy atom. The van der Waals surface area contributed by atoms with E-state index in [1.54, 1.807) is 17.5 Å². The molecule has 2 heterocycles. The minimum absolute atomic E-state index is 0.143. The van der Waals surface area contributed by atoms with Crippen LogP contribution in [0.5, 0.6) is 0 Å². The lowest BCUT2D eigenvalue weighted by atomic mass is 10.00. The van der Waals surface area contributed by atoms with Gasteiger partial charge in [0, 0.05) is 19.0 Å². The summed E-state index contributed by atoms with van der Waals surface area (Å²) in [6.07, 6.45) is 1.45. The van der Waals surface area contributed by atoms with Gasteiger partial charge in [0.05, 0.1) is 6.10 Å². The molecule has 6 heteroatoms. The minimum atomic E-state index is -3.32. The zero-order valence-corrected chi connectivity index (χ0v) is 11.0. The molecular formula is C11H15NO3S2. The van der Waals surface area contributed by atoms with Crippen molar-refractivity contribution in [3.63, 3.8) is 0 Å². The number of aliphatic hydroxyl groups is 1. The molecule has 17 heavy (non-hydrogen) atoms. The van der Waals surface area contributed by atoms with Gasteiger partial charge in [-0.1, -0.05) is 6.07 Å². The number of rotatable bonds is 2. The van der Waals surface area contributed by atoms with E-state index in [0.29, 0.717) is 23.2 Å². The third kappa shape index (κ3) is 1.83. The lowest BCUT2D eigenvalue weighted by Gasteiger charge is -2.17. The van der Waals surface area contributed by atoms with Crippen LogP contribution in [-0.2, 0) is 10.0 Å². The molecule has 2 aliphatic rings. The highest BCUT2D eigenvalue weighted by Crippen LogP contribution is 2.40. The maximum absolute atomic E-state index is 12.3.